The largest absolute Gasteiger partial charge is 0.506 e. The van der Waals surface area contributed by atoms with Gasteiger partial charge in [0.15, 0.2) is 13.2 Å². The number of oxime groups is 2. The first-order chi connectivity index (χ1) is 12.4. The second kappa shape index (κ2) is 10.0. The summed E-state index contributed by atoms with van der Waals surface area (Å²) in [6, 6.07) is 6.23. The Bertz CT molecular complexity index is 778. The quantitative estimate of drug-likeness (QED) is 0.290. The summed E-state index contributed by atoms with van der Waals surface area (Å²) in [5.74, 6) is 0.0187. The van der Waals surface area contributed by atoms with Crippen molar-refractivity contribution in [2.24, 2.45) is 10.3 Å². The van der Waals surface area contributed by atoms with Crippen LogP contribution in [0.4, 0.5) is 0 Å². The SMILES string of the molecule is Oc1c(Br)cc(Cl)cc1/C=N/OCCO/N=C/c1cc(Cl)cc(Br)c1O. The van der Waals surface area contributed by atoms with Gasteiger partial charge in [-0.05, 0) is 56.1 Å². The zero-order valence-corrected chi connectivity index (χ0v) is 17.7. The van der Waals surface area contributed by atoms with Gasteiger partial charge in [-0.25, -0.2) is 0 Å². The van der Waals surface area contributed by atoms with Crippen molar-refractivity contribution in [1.29, 1.82) is 0 Å². The number of nitrogens with zero attached hydrogens (tertiary/aromatic N) is 2. The van der Waals surface area contributed by atoms with E-state index in [1.54, 1.807) is 24.3 Å². The van der Waals surface area contributed by atoms with Gasteiger partial charge in [0.25, 0.3) is 0 Å². The number of hydrogen-bond acceptors (Lipinski definition) is 6. The zero-order chi connectivity index (χ0) is 19.1. The maximum absolute atomic E-state index is 9.83. The summed E-state index contributed by atoms with van der Waals surface area (Å²) < 4.78 is 0.917. The third-order valence-corrected chi connectivity index (χ3v) is 4.56. The Morgan fingerprint density at radius 2 is 1.19 bits per heavy atom. The Balaban J connectivity index is 1.78. The van der Waals surface area contributed by atoms with E-state index in [-0.39, 0.29) is 24.7 Å². The van der Waals surface area contributed by atoms with Crippen molar-refractivity contribution in [3.8, 4) is 11.5 Å². The van der Waals surface area contributed by atoms with Gasteiger partial charge in [-0.2, -0.15) is 0 Å². The molecule has 0 aromatic heterocycles. The number of phenols is 2. The molecule has 2 rings (SSSR count). The molecule has 0 heterocycles. The highest BCUT2D eigenvalue weighted by molar-refractivity contribution is 9.10. The smallest absolute Gasteiger partial charge is 0.153 e. The monoisotopic (exact) mass is 524 g/mol. The van der Waals surface area contributed by atoms with E-state index in [2.05, 4.69) is 42.2 Å². The minimum absolute atomic E-state index is 0.00934. The molecule has 0 fully saturated rings. The molecular formula is C16H12Br2Cl2N2O4. The maximum Gasteiger partial charge on any atom is 0.153 e. The topological polar surface area (TPSA) is 83.6 Å². The van der Waals surface area contributed by atoms with Crippen LogP contribution in [0.15, 0.2) is 43.5 Å². The van der Waals surface area contributed by atoms with Crippen LogP contribution in [-0.4, -0.2) is 35.9 Å². The van der Waals surface area contributed by atoms with Crippen LogP contribution >= 0.6 is 55.1 Å². The number of halogens is 4. The van der Waals surface area contributed by atoms with Gasteiger partial charge in [0.05, 0.1) is 21.4 Å². The van der Waals surface area contributed by atoms with E-state index in [9.17, 15) is 10.2 Å². The van der Waals surface area contributed by atoms with Crippen molar-refractivity contribution in [3.05, 3.63) is 54.4 Å². The molecule has 0 radical (unpaired) electrons. The molecule has 0 amide bonds. The van der Waals surface area contributed by atoms with E-state index in [1.165, 1.54) is 12.4 Å². The number of phenolic OH excluding ortho intramolecular Hbond substituents is 2. The first-order valence-electron chi connectivity index (χ1n) is 7.05. The molecule has 2 aromatic rings. The Hall–Kier alpha value is -1.48. The fourth-order valence-electron chi connectivity index (χ4n) is 1.74. The summed E-state index contributed by atoms with van der Waals surface area (Å²) in [5.41, 5.74) is 0.815. The Labute approximate surface area is 176 Å². The first kappa shape index (κ1) is 20.8. The molecule has 26 heavy (non-hydrogen) atoms. The van der Waals surface area contributed by atoms with Crippen LogP contribution in [0.2, 0.25) is 10.0 Å². The molecular weight excluding hydrogens is 515 g/mol. The molecule has 0 saturated heterocycles. The van der Waals surface area contributed by atoms with E-state index in [0.29, 0.717) is 30.1 Å². The standard InChI is InChI=1S/C16H12Br2Cl2N2O4/c17-13-5-11(19)3-9(15(13)23)7-21-25-1-2-26-22-8-10-4-12(20)6-14(18)16(10)24/h3-8,23-24H,1-2H2/b21-7+,22-8+. The van der Waals surface area contributed by atoms with E-state index in [4.69, 9.17) is 32.9 Å². The van der Waals surface area contributed by atoms with E-state index in [1.807, 2.05) is 0 Å². The lowest BCUT2D eigenvalue weighted by molar-refractivity contribution is 0.0553. The molecule has 0 unspecified atom stereocenters. The number of hydrogen-bond donors (Lipinski definition) is 2. The lowest BCUT2D eigenvalue weighted by atomic mass is 10.2. The molecule has 6 nitrogen and oxygen atoms in total. The summed E-state index contributed by atoms with van der Waals surface area (Å²) in [7, 11) is 0. The van der Waals surface area contributed by atoms with E-state index < -0.39 is 0 Å². The maximum atomic E-state index is 9.83. The van der Waals surface area contributed by atoms with Gasteiger partial charge >= 0.3 is 0 Å². The van der Waals surface area contributed by atoms with Crippen LogP contribution in [0, 0.1) is 0 Å². The fourth-order valence-corrected chi connectivity index (χ4v) is 3.40. The van der Waals surface area contributed by atoms with Crippen molar-refractivity contribution in [1.82, 2.24) is 0 Å². The molecule has 0 spiro atoms. The summed E-state index contributed by atoms with van der Waals surface area (Å²) in [6.07, 6.45) is 2.66. The summed E-state index contributed by atoms with van der Waals surface area (Å²) in [4.78, 5) is 10.0. The van der Waals surface area contributed by atoms with Gasteiger partial charge < -0.3 is 19.9 Å². The van der Waals surface area contributed by atoms with Crippen molar-refractivity contribution in [2.75, 3.05) is 13.2 Å². The van der Waals surface area contributed by atoms with E-state index in [0.717, 1.165) is 0 Å². The van der Waals surface area contributed by atoms with Crippen LogP contribution in [-0.2, 0) is 9.68 Å². The van der Waals surface area contributed by atoms with Gasteiger partial charge in [0.2, 0.25) is 0 Å². The zero-order valence-electron chi connectivity index (χ0n) is 13.0. The molecule has 0 aliphatic carbocycles. The Morgan fingerprint density at radius 3 is 1.58 bits per heavy atom. The molecule has 2 aromatic carbocycles. The Kier molecular flexibility index (Phi) is 8.02. The van der Waals surface area contributed by atoms with Gasteiger partial charge in [-0.3, -0.25) is 0 Å². The average molecular weight is 527 g/mol. The lowest BCUT2D eigenvalue weighted by Gasteiger charge is -2.03. The normalized spacial score (nSPS) is 11.4. The van der Waals surface area contributed by atoms with Crippen LogP contribution in [0.1, 0.15) is 11.1 Å². The second-order valence-electron chi connectivity index (χ2n) is 4.79. The number of aromatic hydroxyl groups is 2. The molecule has 138 valence electrons. The second-order valence-corrected chi connectivity index (χ2v) is 7.37. The third kappa shape index (κ3) is 6.05. The first-order valence-corrected chi connectivity index (χ1v) is 9.39. The molecule has 0 atom stereocenters. The van der Waals surface area contributed by atoms with Gasteiger partial charge in [-0.15, -0.1) is 0 Å². The minimum Gasteiger partial charge on any atom is -0.506 e. The van der Waals surface area contributed by atoms with Crippen LogP contribution < -0.4 is 0 Å². The summed E-state index contributed by atoms with van der Waals surface area (Å²) in [5, 5.41) is 28.0. The fraction of sp³-hybridized carbons (Fsp3) is 0.125. The highest BCUT2D eigenvalue weighted by Gasteiger charge is 2.06. The van der Waals surface area contributed by atoms with Crippen LogP contribution in [0.3, 0.4) is 0 Å². The van der Waals surface area contributed by atoms with Crippen LogP contribution in [0.5, 0.6) is 11.5 Å². The highest BCUT2D eigenvalue weighted by Crippen LogP contribution is 2.31. The predicted octanol–water partition coefficient (Wildman–Crippen LogP) is 5.33. The Morgan fingerprint density at radius 1 is 0.808 bits per heavy atom. The lowest BCUT2D eigenvalue weighted by Crippen LogP contribution is -1.98. The molecule has 0 aliphatic rings. The van der Waals surface area contributed by atoms with Crippen molar-refractivity contribution in [2.45, 2.75) is 0 Å². The molecule has 10 heteroatoms. The third-order valence-electron chi connectivity index (χ3n) is 2.91. The van der Waals surface area contributed by atoms with Crippen molar-refractivity contribution < 1.29 is 19.9 Å². The van der Waals surface area contributed by atoms with Crippen molar-refractivity contribution in [3.63, 3.8) is 0 Å². The average Bonchev–Trinajstić information content (AvgIpc) is 2.58. The molecule has 2 N–H and O–H groups in total. The number of benzene rings is 2. The minimum atomic E-state index is 0.00934. The summed E-state index contributed by atoms with van der Waals surface area (Å²) in [6.45, 7) is 0.253. The highest BCUT2D eigenvalue weighted by atomic mass is 79.9. The van der Waals surface area contributed by atoms with Gasteiger partial charge in [-0.1, -0.05) is 33.5 Å². The van der Waals surface area contributed by atoms with E-state index >= 15 is 0 Å². The molecule has 0 bridgehead atoms. The van der Waals surface area contributed by atoms with Crippen molar-refractivity contribution >= 4 is 67.5 Å². The molecule has 0 saturated carbocycles. The van der Waals surface area contributed by atoms with Gasteiger partial charge in [0.1, 0.15) is 11.5 Å². The van der Waals surface area contributed by atoms with Gasteiger partial charge in [0, 0.05) is 21.2 Å². The van der Waals surface area contributed by atoms with Crippen LogP contribution in [0.25, 0.3) is 0 Å². The predicted molar refractivity (Wildman–Crippen MR) is 109 cm³/mol. The molecule has 0 aliphatic heterocycles. The summed E-state index contributed by atoms with van der Waals surface area (Å²) >= 11 is 18.1. The number of rotatable bonds is 7.